The number of carbonyl (C=O) groups is 1. The summed E-state index contributed by atoms with van der Waals surface area (Å²) in [5.41, 5.74) is 0. The lowest BCUT2D eigenvalue weighted by Gasteiger charge is -2.12. The fourth-order valence-electron chi connectivity index (χ4n) is 1.18. The van der Waals surface area contributed by atoms with E-state index in [2.05, 4.69) is 4.72 Å². The van der Waals surface area contributed by atoms with Crippen LogP contribution in [0.25, 0.3) is 0 Å². The third kappa shape index (κ3) is 3.29. The van der Waals surface area contributed by atoms with Gasteiger partial charge >= 0.3 is 5.97 Å². The van der Waals surface area contributed by atoms with E-state index in [0.29, 0.717) is 6.42 Å². The molecule has 16 heavy (non-hydrogen) atoms. The standard InChI is InChI=1S/C9H13NO4S2/c1-2-4-7(9(11)12)10-16(13,14)8-5-3-6-15-8/h3,5-7,10H,2,4H2,1H3,(H,11,12). The second kappa shape index (κ2) is 5.42. The highest BCUT2D eigenvalue weighted by atomic mass is 32.2. The van der Waals surface area contributed by atoms with Crippen LogP contribution < -0.4 is 4.72 Å². The van der Waals surface area contributed by atoms with Gasteiger partial charge in [0.1, 0.15) is 10.3 Å². The lowest BCUT2D eigenvalue weighted by atomic mass is 10.2. The summed E-state index contributed by atoms with van der Waals surface area (Å²) in [7, 11) is -3.70. The zero-order chi connectivity index (χ0) is 12.2. The molecule has 0 saturated heterocycles. The molecule has 5 nitrogen and oxygen atoms in total. The maximum absolute atomic E-state index is 11.7. The molecule has 1 aromatic rings. The lowest BCUT2D eigenvalue weighted by molar-refractivity contribution is -0.139. The van der Waals surface area contributed by atoms with Gasteiger partial charge in [0.2, 0.25) is 0 Å². The molecule has 0 aliphatic heterocycles. The van der Waals surface area contributed by atoms with Gasteiger partial charge in [0, 0.05) is 0 Å². The number of thiophene rings is 1. The molecule has 1 atom stereocenters. The van der Waals surface area contributed by atoms with Crippen LogP contribution >= 0.6 is 11.3 Å². The molecule has 0 radical (unpaired) electrons. The van der Waals surface area contributed by atoms with E-state index in [4.69, 9.17) is 5.11 Å². The van der Waals surface area contributed by atoms with E-state index < -0.39 is 22.0 Å². The van der Waals surface area contributed by atoms with Crippen molar-refractivity contribution in [1.29, 1.82) is 0 Å². The van der Waals surface area contributed by atoms with Crippen LogP contribution in [0.2, 0.25) is 0 Å². The highest BCUT2D eigenvalue weighted by Crippen LogP contribution is 2.16. The Hall–Kier alpha value is -0.920. The van der Waals surface area contributed by atoms with Gasteiger partial charge in [0.25, 0.3) is 10.0 Å². The summed E-state index contributed by atoms with van der Waals surface area (Å²) in [6.45, 7) is 1.80. The fourth-order valence-corrected chi connectivity index (χ4v) is 3.42. The molecule has 1 unspecified atom stereocenters. The average molecular weight is 263 g/mol. The van der Waals surface area contributed by atoms with Crippen LogP contribution in [0.15, 0.2) is 21.7 Å². The third-order valence-corrected chi connectivity index (χ3v) is 4.80. The Kier molecular flexibility index (Phi) is 4.45. The second-order valence-corrected chi connectivity index (χ2v) is 6.12. The number of sulfonamides is 1. The van der Waals surface area contributed by atoms with Crippen molar-refractivity contribution in [3.05, 3.63) is 17.5 Å². The van der Waals surface area contributed by atoms with Crippen LogP contribution in [0.3, 0.4) is 0 Å². The molecular formula is C9H13NO4S2. The average Bonchev–Trinajstić information content (AvgIpc) is 2.69. The number of aliphatic carboxylic acids is 1. The van der Waals surface area contributed by atoms with Crippen LogP contribution in [0, 0.1) is 0 Å². The number of carboxylic acid groups (broad SMARTS) is 1. The molecule has 1 aromatic heterocycles. The van der Waals surface area contributed by atoms with E-state index in [0.717, 1.165) is 11.3 Å². The topological polar surface area (TPSA) is 83.5 Å². The van der Waals surface area contributed by atoms with Crippen molar-refractivity contribution in [2.45, 2.75) is 30.0 Å². The maximum atomic E-state index is 11.7. The van der Waals surface area contributed by atoms with E-state index in [1.807, 2.05) is 0 Å². The van der Waals surface area contributed by atoms with Gasteiger partial charge in [-0.1, -0.05) is 19.4 Å². The lowest BCUT2D eigenvalue weighted by Crippen LogP contribution is -2.40. The Bertz CT molecular complexity index is 438. The normalized spacial score (nSPS) is 13.6. The molecule has 7 heteroatoms. The van der Waals surface area contributed by atoms with Crippen LogP contribution in [0.4, 0.5) is 0 Å². The van der Waals surface area contributed by atoms with Gasteiger partial charge in [0.05, 0.1) is 0 Å². The molecule has 0 aromatic carbocycles. The highest BCUT2D eigenvalue weighted by Gasteiger charge is 2.24. The van der Waals surface area contributed by atoms with Gasteiger partial charge in [-0.05, 0) is 17.9 Å². The molecule has 0 spiro atoms. The molecule has 1 rings (SSSR count). The number of hydrogen-bond acceptors (Lipinski definition) is 4. The van der Waals surface area contributed by atoms with Crippen LogP contribution in [-0.4, -0.2) is 25.5 Å². The second-order valence-electron chi connectivity index (χ2n) is 3.23. The van der Waals surface area contributed by atoms with Crippen LogP contribution in [0.1, 0.15) is 19.8 Å². The Morgan fingerprint density at radius 1 is 1.62 bits per heavy atom. The van der Waals surface area contributed by atoms with Gasteiger partial charge in [-0.15, -0.1) is 11.3 Å². The van der Waals surface area contributed by atoms with Gasteiger partial charge in [-0.2, -0.15) is 4.72 Å². The van der Waals surface area contributed by atoms with Gasteiger partial charge < -0.3 is 5.11 Å². The minimum Gasteiger partial charge on any atom is -0.480 e. The number of nitrogens with one attached hydrogen (secondary N) is 1. The molecule has 1 heterocycles. The zero-order valence-corrected chi connectivity index (χ0v) is 10.3. The molecule has 0 aliphatic carbocycles. The Labute approximate surface area is 98.2 Å². The number of hydrogen-bond donors (Lipinski definition) is 2. The summed E-state index contributed by atoms with van der Waals surface area (Å²) in [5.74, 6) is -1.15. The minimum absolute atomic E-state index is 0.134. The number of rotatable bonds is 6. The first-order valence-corrected chi connectivity index (χ1v) is 7.12. The SMILES string of the molecule is CCCC(NS(=O)(=O)c1cccs1)C(=O)O. The Morgan fingerprint density at radius 2 is 2.31 bits per heavy atom. The molecule has 0 aliphatic rings. The zero-order valence-electron chi connectivity index (χ0n) is 8.71. The van der Waals surface area contributed by atoms with Gasteiger partial charge in [-0.25, -0.2) is 8.42 Å². The molecule has 90 valence electrons. The first-order valence-electron chi connectivity index (χ1n) is 4.76. The predicted octanol–water partition coefficient (Wildman–Crippen LogP) is 1.28. The van der Waals surface area contributed by atoms with Crippen molar-refractivity contribution in [2.24, 2.45) is 0 Å². The molecular weight excluding hydrogens is 250 g/mol. The van der Waals surface area contributed by atoms with Crippen LogP contribution in [-0.2, 0) is 14.8 Å². The van der Waals surface area contributed by atoms with Crippen molar-refractivity contribution >= 4 is 27.3 Å². The summed E-state index contributed by atoms with van der Waals surface area (Å²) in [6, 6.07) is 1.99. The monoisotopic (exact) mass is 263 g/mol. The molecule has 2 N–H and O–H groups in total. The molecule has 0 saturated carbocycles. The molecule has 0 bridgehead atoms. The quantitative estimate of drug-likeness (QED) is 0.809. The van der Waals surface area contributed by atoms with Crippen molar-refractivity contribution in [2.75, 3.05) is 0 Å². The smallest absolute Gasteiger partial charge is 0.321 e. The summed E-state index contributed by atoms with van der Waals surface area (Å²) < 4.78 is 25.8. The largest absolute Gasteiger partial charge is 0.480 e. The minimum atomic E-state index is -3.70. The Balaban J connectivity index is 2.82. The maximum Gasteiger partial charge on any atom is 0.321 e. The molecule has 0 amide bonds. The first-order chi connectivity index (χ1) is 7.47. The van der Waals surface area contributed by atoms with Crippen molar-refractivity contribution < 1.29 is 18.3 Å². The summed E-state index contributed by atoms with van der Waals surface area (Å²) in [6.07, 6.45) is 0.879. The van der Waals surface area contributed by atoms with Gasteiger partial charge in [-0.3, -0.25) is 4.79 Å². The van der Waals surface area contributed by atoms with E-state index in [9.17, 15) is 13.2 Å². The third-order valence-electron chi connectivity index (χ3n) is 1.93. The summed E-state index contributed by atoms with van der Waals surface area (Å²) in [5, 5.41) is 10.5. The summed E-state index contributed by atoms with van der Waals surface area (Å²) in [4.78, 5) is 10.8. The van der Waals surface area contributed by atoms with E-state index in [-0.39, 0.29) is 10.6 Å². The van der Waals surface area contributed by atoms with Gasteiger partial charge in [0.15, 0.2) is 0 Å². The predicted molar refractivity (Wildman–Crippen MR) is 61.0 cm³/mol. The van der Waals surface area contributed by atoms with E-state index in [1.54, 1.807) is 18.4 Å². The first kappa shape index (κ1) is 13.1. The van der Waals surface area contributed by atoms with Crippen molar-refractivity contribution in [3.63, 3.8) is 0 Å². The van der Waals surface area contributed by atoms with Crippen molar-refractivity contribution in [1.82, 2.24) is 4.72 Å². The van der Waals surface area contributed by atoms with E-state index >= 15 is 0 Å². The molecule has 0 fully saturated rings. The van der Waals surface area contributed by atoms with Crippen LogP contribution in [0.5, 0.6) is 0 Å². The number of carboxylic acids is 1. The van der Waals surface area contributed by atoms with Crippen molar-refractivity contribution in [3.8, 4) is 0 Å². The highest BCUT2D eigenvalue weighted by molar-refractivity contribution is 7.91. The fraction of sp³-hybridized carbons (Fsp3) is 0.444. The summed E-state index contributed by atoms with van der Waals surface area (Å²) >= 11 is 1.06. The Morgan fingerprint density at radius 3 is 2.75 bits per heavy atom. The van der Waals surface area contributed by atoms with E-state index in [1.165, 1.54) is 6.07 Å².